The molecule has 0 unspecified atom stereocenters. The molecule has 1 aliphatic rings. The van der Waals surface area contributed by atoms with Crippen molar-refractivity contribution in [1.29, 1.82) is 0 Å². The molecule has 1 N–H and O–H groups in total. The smallest absolute Gasteiger partial charge is 0.231 e. The van der Waals surface area contributed by atoms with E-state index in [0.29, 0.717) is 12.8 Å². The summed E-state index contributed by atoms with van der Waals surface area (Å²) in [6.45, 7) is 5.79. The van der Waals surface area contributed by atoms with Crippen LogP contribution in [-0.4, -0.2) is 36.3 Å². The molecular formula is C15H20N2O2. The van der Waals surface area contributed by atoms with Crippen molar-refractivity contribution >= 4 is 10.9 Å². The zero-order valence-corrected chi connectivity index (χ0v) is 11.7. The lowest BCUT2D eigenvalue weighted by atomic mass is 10.1. The van der Waals surface area contributed by atoms with Gasteiger partial charge in [0.25, 0.3) is 0 Å². The lowest BCUT2D eigenvalue weighted by Gasteiger charge is -2.20. The molecule has 0 fully saturated rings. The maximum absolute atomic E-state index is 5.61. The highest BCUT2D eigenvalue weighted by Crippen LogP contribution is 2.40. The molecule has 0 bridgehead atoms. The number of fused-ring (bicyclic) bond motifs is 3. The second-order valence-electron chi connectivity index (χ2n) is 5.36. The Hall–Kier alpha value is -1.68. The van der Waals surface area contributed by atoms with Crippen molar-refractivity contribution in [2.45, 2.75) is 26.3 Å². The zero-order valence-electron chi connectivity index (χ0n) is 11.7. The average molecular weight is 260 g/mol. The first kappa shape index (κ1) is 12.4. The van der Waals surface area contributed by atoms with Crippen LogP contribution in [0.15, 0.2) is 18.3 Å². The normalized spacial score (nSPS) is 13.9. The van der Waals surface area contributed by atoms with Crippen molar-refractivity contribution in [2.75, 3.05) is 20.4 Å². The Balaban J connectivity index is 1.90. The number of benzene rings is 1. The number of rotatable bonds is 4. The summed E-state index contributed by atoms with van der Waals surface area (Å²) in [6.07, 6.45) is 3.09. The number of nitrogens with one attached hydrogen (secondary N) is 1. The Kier molecular flexibility index (Phi) is 3.11. The molecule has 3 rings (SSSR count). The first-order valence-electron chi connectivity index (χ1n) is 6.75. The zero-order chi connectivity index (χ0) is 13.4. The monoisotopic (exact) mass is 260 g/mol. The third-order valence-corrected chi connectivity index (χ3v) is 3.88. The van der Waals surface area contributed by atoms with E-state index >= 15 is 0 Å². The summed E-state index contributed by atoms with van der Waals surface area (Å²) >= 11 is 0. The molecule has 0 radical (unpaired) electrons. The van der Waals surface area contributed by atoms with Crippen LogP contribution in [0.5, 0.6) is 11.5 Å². The van der Waals surface area contributed by atoms with E-state index in [0.717, 1.165) is 30.0 Å². The lowest BCUT2D eigenvalue weighted by molar-refractivity contribution is 0.175. The summed E-state index contributed by atoms with van der Waals surface area (Å²) < 4.78 is 11.1. The van der Waals surface area contributed by atoms with Crippen molar-refractivity contribution in [1.82, 2.24) is 9.88 Å². The van der Waals surface area contributed by atoms with Gasteiger partial charge in [0.15, 0.2) is 11.5 Å². The number of ether oxygens (including phenoxy) is 2. The lowest BCUT2D eigenvalue weighted by Crippen LogP contribution is -2.28. The van der Waals surface area contributed by atoms with Crippen LogP contribution < -0.4 is 9.47 Å². The molecule has 4 nitrogen and oxygen atoms in total. The van der Waals surface area contributed by atoms with Crippen molar-refractivity contribution in [2.24, 2.45) is 0 Å². The molecule has 0 amide bonds. The van der Waals surface area contributed by atoms with E-state index in [9.17, 15) is 0 Å². The van der Waals surface area contributed by atoms with Gasteiger partial charge in [-0.2, -0.15) is 0 Å². The Morgan fingerprint density at radius 3 is 2.95 bits per heavy atom. The topological polar surface area (TPSA) is 37.5 Å². The Bertz CT molecular complexity index is 589. The van der Waals surface area contributed by atoms with E-state index in [1.165, 1.54) is 10.9 Å². The van der Waals surface area contributed by atoms with E-state index in [1.807, 2.05) is 6.07 Å². The molecule has 102 valence electrons. The van der Waals surface area contributed by atoms with Crippen LogP contribution in [0.3, 0.4) is 0 Å². The predicted octanol–water partition coefficient (Wildman–Crippen LogP) is 2.78. The largest absolute Gasteiger partial charge is 0.454 e. The molecule has 0 saturated heterocycles. The first-order valence-corrected chi connectivity index (χ1v) is 6.75. The fraction of sp³-hybridized carbons (Fsp3) is 0.467. The number of aromatic nitrogens is 1. The molecule has 1 aromatic heterocycles. The van der Waals surface area contributed by atoms with Crippen LogP contribution in [0, 0.1) is 0 Å². The molecule has 0 aliphatic carbocycles. The third-order valence-electron chi connectivity index (χ3n) is 3.88. The number of likely N-dealkylation sites (N-methyl/N-ethyl adjacent to an activating group) is 1. The number of hydrogen-bond acceptors (Lipinski definition) is 3. The molecule has 1 aliphatic heterocycles. The molecule has 4 heteroatoms. The van der Waals surface area contributed by atoms with E-state index in [2.05, 4.69) is 43.0 Å². The van der Waals surface area contributed by atoms with Gasteiger partial charge in [0.1, 0.15) is 0 Å². The van der Waals surface area contributed by atoms with Crippen molar-refractivity contribution in [3.05, 3.63) is 23.9 Å². The predicted molar refractivity (Wildman–Crippen MR) is 75.9 cm³/mol. The Morgan fingerprint density at radius 1 is 1.32 bits per heavy atom. The average Bonchev–Trinajstić information content (AvgIpc) is 3.01. The van der Waals surface area contributed by atoms with E-state index in [1.54, 1.807) is 0 Å². The van der Waals surface area contributed by atoms with Crippen LogP contribution in [0.25, 0.3) is 10.9 Å². The van der Waals surface area contributed by atoms with Gasteiger partial charge in [-0.25, -0.2) is 0 Å². The fourth-order valence-corrected chi connectivity index (χ4v) is 2.40. The maximum atomic E-state index is 5.61. The summed E-state index contributed by atoms with van der Waals surface area (Å²) in [6, 6.07) is 4.58. The molecule has 0 atom stereocenters. The van der Waals surface area contributed by atoms with Crippen molar-refractivity contribution < 1.29 is 9.47 Å². The van der Waals surface area contributed by atoms with Gasteiger partial charge >= 0.3 is 0 Å². The standard InChI is InChI=1S/C15H20N2O2/c1-10(2)17(3)7-6-11-8-16-12-4-5-13-15(14(11)12)19-9-18-13/h4-5,8,10,16H,6-7,9H2,1-3H3. The summed E-state index contributed by atoms with van der Waals surface area (Å²) in [5.41, 5.74) is 2.41. The van der Waals surface area contributed by atoms with Crippen molar-refractivity contribution in [3.8, 4) is 11.5 Å². The van der Waals surface area contributed by atoms with Gasteiger partial charge < -0.3 is 19.4 Å². The minimum Gasteiger partial charge on any atom is -0.454 e. The van der Waals surface area contributed by atoms with E-state index in [4.69, 9.17) is 9.47 Å². The first-order chi connectivity index (χ1) is 9.16. The van der Waals surface area contributed by atoms with Crippen LogP contribution in [0.4, 0.5) is 0 Å². The fourth-order valence-electron chi connectivity index (χ4n) is 2.40. The number of hydrogen-bond donors (Lipinski definition) is 1. The summed E-state index contributed by atoms with van der Waals surface area (Å²) in [5.74, 6) is 1.74. The number of aromatic amines is 1. The highest BCUT2D eigenvalue weighted by atomic mass is 16.7. The summed E-state index contributed by atoms with van der Waals surface area (Å²) in [5, 5.41) is 1.17. The minimum absolute atomic E-state index is 0.324. The Morgan fingerprint density at radius 2 is 2.16 bits per heavy atom. The third kappa shape index (κ3) is 2.16. The molecule has 2 aromatic rings. The maximum Gasteiger partial charge on any atom is 0.231 e. The second kappa shape index (κ2) is 4.78. The summed E-state index contributed by atoms with van der Waals surface area (Å²) in [4.78, 5) is 5.66. The van der Waals surface area contributed by atoms with Crippen LogP contribution >= 0.6 is 0 Å². The van der Waals surface area contributed by atoms with Gasteiger partial charge in [-0.1, -0.05) is 0 Å². The molecular weight excluding hydrogens is 240 g/mol. The van der Waals surface area contributed by atoms with Crippen molar-refractivity contribution in [3.63, 3.8) is 0 Å². The van der Waals surface area contributed by atoms with E-state index in [-0.39, 0.29) is 0 Å². The quantitative estimate of drug-likeness (QED) is 0.918. The van der Waals surface area contributed by atoms with Crippen LogP contribution in [0.1, 0.15) is 19.4 Å². The van der Waals surface area contributed by atoms with Gasteiger partial charge in [-0.3, -0.25) is 0 Å². The van der Waals surface area contributed by atoms with E-state index < -0.39 is 0 Å². The number of nitrogens with zero attached hydrogens (tertiary/aromatic N) is 1. The number of H-pyrrole nitrogens is 1. The highest BCUT2D eigenvalue weighted by Gasteiger charge is 2.20. The summed E-state index contributed by atoms with van der Waals surface area (Å²) in [7, 11) is 2.16. The van der Waals surface area contributed by atoms with Gasteiger partial charge in [0.2, 0.25) is 6.79 Å². The second-order valence-corrected chi connectivity index (χ2v) is 5.36. The molecule has 19 heavy (non-hydrogen) atoms. The van der Waals surface area contributed by atoms with Gasteiger partial charge in [0, 0.05) is 29.7 Å². The van der Waals surface area contributed by atoms with Gasteiger partial charge in [0.05, 0.1) is 0 Å². The Labute approximate surface area is 113 Å². The SMILES string of the molecule is CC(C)N(C)CCc1c[nH]c2ccc3c(c12)OCO3. The van der Waals surface area contributed by atoms with Crippen LogP contribution in [-0.2, 0) is 6.42 Å². The highest BCUT2D eigenvalue weighted by molar-refractivity contribution is 5.92. The molecule has 0 saturated carbocycles. The van der Waals surface area contributed by atoms with Gasteiger partial charge in [-0.05, 0) is 45.0 Å². The molecule has 0 spiro atoms. The molecule has 2 heterocycles. The van der Waals surface area contributed by atoms with Crippen LogP contribution in [0.2, 0.25) is 0 Å². The minimum atomic E-state index is 0.324. The molecule has 1 aromatic carbocycles. The van der Waals surface area contributed by atoms with Gasteiger partial charge in [-0.15, -0.1) is 0 Å².